The van der Waals surface area contributed by atoms with Crippen LogP contribution in [0.15, 0.2) is 0 Å². The van der Waals surface area contributed by atoms with E-state index in [1.807, 2.05) is 0 Å². The molecule has 0 aromatic rings. The van der Waals surface area contributed by atoms with Crippen LogP contribution in [0.4, 0.5) is 0 Å². The summed E-state index contributed by atoms with van der Waals surface area (Å²) in [6, 6.07) is -1.02. The fourth-order valence-electron chi connectivity index (χ4n) is 6.38. The van der Waals surface area contributed by atoms with E-state index in [0.717, 1.165) is 38.5 Å². The summed E-state index contributed by atoms with van der Waals surface area (Å²) in [5, 5.41) is 63.7. The normalized spacial score (nSPS) is 25.2. The maximum absolute atomic E-state index is 12.8. The summed E-state index contributed by atoms with van der Waals surface area (Å²) in [6.07, 6.45) is 13.0. The number of unbranched alkanes of at least 4 members (excludes halogenated alkanes) is 20. The predicted octanol–water partition coefficient (Wildman–Crippen LogP) is 5.55. The van der Waals surface area contributed by atoms with Gasteiger partial charge in [-0.3, -0.25) is 13.8 Å². The number of carbonyl (C=O) groups is 1. The lowest BCUT2D eigenvalue weighted by atomic mass is 9.85. The van der Waals surface area contributed by atoms with Crippen LogP contribution in [-0.4, -0.2) is 96.8 Å². The summed E-state index contributed by atoms with van der Waals surface area (Å²) < 4.78 is 22.8. The molecule has 6 unspecified atom stereocenters. The molecule has 0 spiro atoms. The zero-order valence-corrected chi connectivity index (χ0v) is 31.4. The van der Waals surface area contributed by atoms with E-state index in [4.69, 9.17) is 9.05 Å². The van der Waals surface area contributed by atoms with Crippen LogP contribution in [0, 0.1) is 0 Å². The van der Waals surface area contributed by atoms with Gasteiger partial charge in [0.05, 0.1) is 18.8 Å². The topological polar surface area (TPSA) is 206 Å². The first-order valence-electron chi connectivity index (χ1n) is 19.5. The molecule has 8 N–H and O–H groups in total. The molecule has 9 atom stereocenters. The summed E-state index contributed by atoms with van der Waals surface area (Å²) in [7, 11) is -5.04. The van der Waals surface area contributed by atoms with Crippen LogP contribution in [0.5, 0.6) is 0 Å². The Morgan fingerprint density at radius 1 is 0.612 bits per heavy atom. The van der Waals surface area contributed by atoms with Crippen molar-refractivity contribution in [3.05, 3.63) is 0 Å². The van der Waals surface area contributed by atoms with Crippen molar-refractivity contribution in [3.8, 4) is 0 Å². The second-order valence-electron chi connectivity index (χ2n) is 14.1. The number of aliphatic hydroxyl groups is 6. The lowest BCUT2D eigenvalue weighted by molar-refractivity contribution is -0.220. The number of aliphatic hydroxyl groups excluding tert-OH is 6. The van der Waals surface area contributed by atoms with E-state index in [-0.39, 0.29) is 12.3 Å². The largest absolute Gasteiger partial charge is 0.472 e. The van der Waals surface area contributed by atoms with Gasteiger partial charge < -0.3 is 40.8 Å². The highest BCUT2D eigenvalue weighted by Gasteiger charge is 2.51. The quantitative estimate of drug-likeness (QED) is 0.0328. The second-order valence-corrected chi connectivity index (χ2v) is 15.5. The van der Waals surface area contributed by atoms with Crippen LogP contribution in [0.2, 0.25) is 0 Å². The average Bonchev–Trinajstić information content (AvgIpc) is 3.08. The molecule has 0 aliphatic heterocycles. The van der Waals surface area contributed by atoms with Crippen molar-refractivity contribution in [2.24, 2.45) is 0 Å². The van der Waals surface area contributed by atoms with Crippen molar-refractivity contribution < 1.29 is 53.9 Å². The number of amides is 1. The predicted molar refractivity (Wildman–Crippen MR) is 191 cm³/mol. The van der Waals surface area contributed by atoms with Crippen molar-refractivity contribution in [2.45, 2.75) is 217 Å². The van der Waals surface area contributed by atoms with Gasteiger partial charge in [-0.25, -0.2) is 4.57 Å². The monoisotopic (exact) mass is 725 g/mol. The second kappa shape index (κ2) is 27.9. The van der Waals surface area contributed by atoms with Crippen LogP contribution < -0.4 is 5.32 Å². The molecule has 49 heavy (non-hydrogen) atoms. The Morgan fingerprint density at radius 3 is 1.41 bits per heavy atom. The SMILES string of the molecule is CCCCCCCCCCCCCC[C@@H](O)[C@H](COP(=O)(O)OC1C(O)C(O)C(O)[C@@H](O)C1O)NC(=O)CCCCCCCCCCCC. The van der Waals surface area contributed by atoms with Crippen LogP contribution >= 0.6 is 7.82 Å². The van der Waals surface area contributed by atoms with Gasteiger partial charge in [-0.1, -0.05) is 149 Å². The molecule has 12 nitrogen and oxygen atoms in total. The fraction of sp³-hybridized carbons (Fsp3) is 0.972. The van der Waals surface area contributed by atoms with Crippen molar-refractivity contribution >= 4 is 13.7 Å². The lowest BCUT2D eigenvalue weighted by Gasteiger charge is -2.41. The highest BCUT2D eigenvalue weighted by atomic mass is 31.2. The summed E-state index contributed by atoms with van der Waals surface area (Å²) in [6.45, 7) is 3.83. The molecule has 0 saturated heterocycles. The minimum Gasteiger partial charge on any atom is -0.391 e. The lowest BCUT2D eigenvalue weighted by Crippen LogP contribution is -2.64. The van der Waals surface area contributed by atoms with E-state index >= 15 is 0 Å². The summed E-state index contributed by atoms with van der Waals surface area (Å²) in [5.41, 5.74) is 0. The Hall–Kier alpha value is -0.660. The first kappa shape index (κ1) is 46.4. The maximum Gasteiger partial charge on any atom is 0.472 e. The van der Waals surface area contributed by atoms with Gasteiger partial charge in [0.25, 0.3) is 0 Å². The van der Waals surface area contributed by atoms with E-state index in [2.05, 4.69) is 19.2 Å². The number of rotatable bonds is 31. The van der Waals surface area contributed by atoms with Gasteiger partial charge in [0.15, 0.2) is 0 Å². The number of carbonyl (C=O) groups excluding carboxylic acids is 1. The van der Waals surface area contributed by atoms with Crippen molar-refractivity contribution in [3.63, 3.8) is 0 Å². The van der Waals surface area contributed by atoms with Crippen LogP contribution in [0.1, 0.15) is 168 Å². The van der Waals surface area contributed by atoms with Gasteiger partial charge >= 0.3 is 7.82 Å². The molecule has 1 aliphatic carbocycles. The Bertz CT molecular complexity index is 853. The molecular weight excluding hydrogens is 653 g/mol. The molecule has 1 fully saturated rings. The van der Waals surface area contributed by atoms with Crippen LogP contribution in [-0.2, 0) is 18.4 Å². The average molecular weight is 726 g/mol. The third-order valence-electron chi connectivity index (χ3n) is 9.67. The molecule has 1 rings (SSSR count). The van der Waals surface area contributed by atoms with Gasteiger partial charge in [-0.2, -0.15) is 0 Å². The van der Waals surface area contributed by atoms with Crippen molar-refractivity contribution in [1.29, 1.82) is 0 Å². The molecule has 1 amide bonds. The Labute approximate surface area is 296 Å². The van der Waals surface area contributed by atoms with Gasteiger partial charge in [-0.15, -0.1) is 0 Å². The van der Waals surface area contributed by atoms with Crippen LogP contribution in [0.25, 0.3) is 0 Å². The molecule has 0 bridgehead atoms. The summed E-state index contributed by atoms with van der Waals surface area (Å²) in [4.78, 5) is 23.2. The molecule has 1 aliphatic rings. The highest BCUT2D eigenvalue weighted by molar-refractivity contribution is 7.47. The first-order valence-corrected chi connectivity index (χ1v) is 21.0. The number of phosphoric ester groups is 1. The summed E-state index contributed by atoms with van der Waals surface area (Å²) >= 11 is 0. The standard InChI is InChI=1S/C36H72NO11P/c1-3-5-7-9-11-13-15-16-17-19-21-23-25-29(38)28(37-30(39)26-24-22-20-18-14-12-10-8-6-4-2)27-47-49(45,46)48-36-34(43)32(41)31(40)33(42)35(36)44/h28-29,31-36,38,40-44H,3-27H2,1-2H3,(H,37,39)(H,45,46)/t28-,29+,31?,32+,33?,34?,35?,36?/m0/s1. The smallest absolute Gasteiger partial charge is 0.391 e. The number of hydrogen-bond donors (Lipinski definition) is 8. The van der Waals surface area contributed by atoms with Crippen molar-refractivity contribution in [1.82, 2.24) is 5.32 Å². The summed E-state index contributed by atoms with van der Waals surface area (Å²) in [5.74, 6) is -0.311. The molecule has 1 saturated carbocycles. The zero-order valence-electron chi connectivity index (χ0n) is 30.5. The molecule has 292 valence electrons. The Kier molecular flexibility index (Phi) is 26.4. The van der Waals surface area contributed by atoms with Gasteiger partial charge in [0, 0.05) is 6.42 Å². The van der Waals surface area contributed by atoms with Crippen molar-refractivity contribution in [2.75, 3.05) is 6.61 Å². The highest BCUT2D eigenvalue weighted by Crippen LogP contribution is 2.47. The van der Waals surface area contributed by atoms with Gasteiger partial charge in [0.1, 0.15) is 36.6 Å². The molecular formula is C36H72NO11P. The number of phosphoric acid groups is 1. The maximum atomic E-state index is 12.8. The molecule has 0 radical (unpaired) electrons. The van der Waals surface area contributed by atoms with Crippen LogP contribution in [0.3, 0.4) is 0 Å². The zero-order chi connectivity index (χ0) is 36.5. The third-order valence-corrected chi connectivity index (χ3v) is 10.7. The van der Waals surface area contributed by atoms with E-state index in [0.29, 0.717) is 19.3 Å². The molecule has 0 aromatic heterocycles. The molecule has 13 heteroatoms. The van der Waals surface area contributed by atoms with E-state index in [1.165, 1.54) is 89.9 Å². The Morgan fingerprint density at radius 2 is 0.980 bits per heavy atom. The number of hydrogen-bond acceptors (Lipinski definition) is 10. The minimum atomic E-state index is -5.04. The minimum absolute atomic E-state index is 0.240. The van der Waals surface area contributed by atoms with Gasteiger partial charge in [0.2, 0.25) is 5.91 Å². The van der Waals surface area contributed by atoms with E-state index in [9.17, 15) is 44.9 Å². The van der Waals surface area contributed by atoms with E-state index < -0.39 is 63.2 Å². The third kappa shape index (κ3) is 20.8. The van der Waals surface area contributed by atoms with E-state index in [1.54, 1.807) is 0 Å². The fourth-order valence-corrected chi connectivity index (χ4v) is 7.34. The molecule has 0 aromatic carbocycles. The number of nitrogens with one attached hydrogen (secondary N) is 1. The van der Waals surface area contributed by atoms with Gasteiger partial charge in [-0.05, 0) is 12.8 Å². The molecule has 0 heterocycles. The first-order chi connectivity index (χ1) is 23.4. The Balaban J connectivity index is 2.57.